The lowest BCUT2D eigenvalue weighted by molar-refractivity contribution is 0.00652. The van der Waals surface area contributed by atoms with Crippen molar-refractivity contribution in [3.05, 3.63) is 41.5 Å². The third-order valence-electron chi connectivity index (χ3n) is 5.87. The Bertz CT molecular complexity index is 1040. The SMILES string of the molecule is Cc1ncc(-c2ccc(-c3ccc(O[C@@H]4C[C@H]5CCC[C@H](N5)[C@@H]4F)nn3)c(O)c2)s1. The van der Waals surface area contributed by atoms with E-state index in [4.69, 9.17) is 4.74 Å². The van der Waals surface area contributed by atoms with Gasteiger partial charge in [-0.3, -0.25) is 0 Å². The van der Waals surface area contributed by atoms with Crippen LogP contribution in [0.3, 0.4) is 0 Å². The number of phenolic OH excluding ortho intramolecular Hbond substituents is 1. The Balaban J connectivity index is 1.31. The monoisotopic (exact) mass is 426 g/mol. The molecule has 2 aromatic heterocycles. The van der Waals surface area contributed by atoms with Crippen LogP contribution in [0.1, 0.15) is 30.7 Å². The molecule has 4 heterocycles. The molecular weight excluding hydrogens is 403 g/mol. The van der Waals surface area contributed by atoms with Gasteiger partial charge in [0.1, 0.15) is 11.9 Å². The van der Waals surface area contributed by atoms with Crippen molar-refractivity contribution in [2.24, 2.45) is 0 Å². The zero-order valence-corrected chi connectivity index (χ0v) is 17.4. The van der Waals surface area contributed by atoms with Gasteiger partial charge in [-0.2, -0.15) is 0 Å². The van der Waals surface area contributed by atoms with E-state index in [0.29, 0.717) is 29.6 Å². The number of thiazole rings is 1. The fraction of sp³-hybridized carbons (Fsp3) is 0.409. The molecule has 6 nitrogen and oxygen atoms in total. The van der Waals surface area contributed by atoms with Gasteiger partial charge >= 0.3 is 0 Å². The first-order chi connectivity index (χ1) is 14.6. The van der Waals surface area contributed by atoms with Crippen LogP contribution in [0.4, 0.5) is 4.39 Å². The normalized spacial score (nSPS) is 25.8. The second-order valence-electron chi connectivity index (χ2n) is 7.97. The van der Waals surface area contributed by atoms with Crippen LogP contribution in [-0.2, 0) is 0 Å². The highest BCUT2D eigenvalue weighted by Crippen LogP contribution is 2.35. The quantitative estimate of drug-likeness (QED) is 0.648. The molecule has 30 heavy (non-hydrogen) atoms. The molecule has 0 aliphatic carbocycles. The van der Waals surface area contributed by atoms with Crippen LogP contribution in [0.25, 0.3) is 21.7 Å². The number of aromatic nitrogens is 3. The molecule has 1 aromatic carbocycles. The maximum absolute atomic E-state index is 14.7. The van der Waals surface area contributed by atoms with Gasteiger partial charge in [0.25, 0.3) is 0 Å². The van der Waals surface area contributed by atoms with Crippen LogP contribution >= 0.6 is 11.3 Å². The third kappa shape index (κ3) is 3.77. The molecule has 2 bridgehead atoms. The fourth-order valence-electron chi connectivity index (χ4n) is 4.35. The molecule has 2 aliphatic heterocycles. The number of phenols is 1. The van der Waals surface area contributed by atoms with E-state index < -0.39 is 12.3 Å². The van der Waals surface area contributed by atoms with Crippen molar-refractivity contribution in [1.82, 2.24) is 20.5 Å². The number of alkyl halides is 1. The van der Waals surface area contributed by atoms with Gasteiger partial charge in [-0.15, -0.1) is 21.5 Å². The molecule has 0 unspecified atom stereocenters. The van der Waals surface area contributed by atoms with Gasteiger partial charge in [0, 0.05) is 36.3 Å². The van der Waals surface area contributed by atoms with Gasteiger partial charge < -0.3 is 15.2 Å². The summed E-state index contributed by atoms with van der Waals surface area (Å²) in [6.45, 7) is 1.95. The van der Waals surface area contributed by atoms with E-state index >= 15 is 0 Å². The van der Waals surface area contributed by atoms with E-state index in [1.807, 2.05) is 19.1 Å². The number of piperidine rings is 2. The van der Waals surface area contributed by atoms with E-state index in [1.54, 1.807) is 35.7 Å². The van der Waals surface area contributed by atoms with Crippen molar-refractivity contribution in [3.63, 3.8) is 0 Å². The Hall–Kier alpha value is -2.58. The zero-order valence-electron chi connectivity index (χ0n) is 16.6. The number of aromatic hydroxyl groups is 1. The highest BCUT2D eigenvalue weighted by atomic mass is 32.1. The minimum atomic E-state index is -1.05. The fourth-order valence-corrected chi connectivity index (χ4v) is 5.13. The summed E-state index contributed by atoms with van der Waals surface area (Å²) in [4.78, 5) is 5.25. The van der Waals surface area contributed by atoms with Crippen molar-refractivity contribution in [2.75, 3.05) is 0 Å². The van der Waals surface area contributed by atoms with Crippen LogP contribution in [-0.4, -0.2) is 44.6 Å². The maximum atomic E-state index is 14.7. The summed E-state index contributed by atoms with van der Waals surface area (Å²) in [5, 5.41) is 23.1. The standard InChI is InChI=1S/C22H23FN4O2S/c1-12-24-11-20(30-12)13-5-6-15(18(28)9-13)16-7-8-21(27-26-16)29-19-10-14-3-2-4-17(25-14)22(19)23/h5-9,11,14,17,19,22,25,28H,2-4,10H2,1H3/t14-,17+,19-,22+/m1/s1. The molecule has 0 saturated carbocycles. The number of hydrogen-bond acceptors (Lipinski definition) is 7. The van der Waals surface area contributed by atoms with E-state index in [2.05, 4.69) is 20.5 Å². The molecule has 0 spiro atoms. The predicted octanol–water partition coefficient (Wildman–Crippen LogP) is 4.28. The summed E-state index contributed by atoms with van der Waals surface area (Å²) in [6, 6.07) is 9.05. The Morgan fingerprint density at radius 2 is 2.10 bits per heavy atom. The van der Waals surface area contributed by atoms with Crippen molar-refractivity contribution in [2.45, 2.75) is 57.0 Å². The smallest absolute Gasteiger partial charge is 0.233 e. The Kier molecular flexibility index (Phi) is 5.12. The number of nitrogens with one attached hydrogen (secondary N) is 1. The first-order valence-electron chi connectivity index (χ1n) is 10.2. The number of nitrogens with zero attached hydrogens (tertiary/aromatic N) is 3. The van der Waals surface area contributed by atoms with E-state index in [1.165, 1.54) is 0 Å². The van der Waals surface area contributed by atoms with Gasteiger partial charge in [0.05, 0.1) is 15.6 Å². The number of hydrogen-bond donors (Lipinski definition) is 2. The second-order valence-corrected chi connectivity index (χ2v) is 9.20. The number of halogens is 1. The van der Waals surface area contributed by atoms with Crippen LogP contribution in [0.15, 0.2) is 36.5 Å². The van der Waals surface area contributed by atoms with Crippen molar-refractivity contribution in [3.8, 4) is 33.3 Å². The summed E-state index contributed by atoms with van der Waals surface area (Å²) in [5.74, 6) is 0.430. The molecule has 2 aliphatic rings. The van der Waals surface area contributed by atoms with Crippen LogP contribution in [0.5, 0.6) is 11.6 Å². The molecule has 156 valence electrons. The topological polar surface area (TPSA) is 80.2 Å². The van der Waals surface area contributed by atoms with Gasteiger partial charge in [-0.1, -0.05) is 12.5 Å². The Morgan fingerprint density at radius 3 is 2.83 bits per heavy atom. The van der Waals surface area contributed by atoms with Gasteiger partial charge in [-0.05, 0) is 43.5 Å². The summed E-state index contributed by atoms with van der Waals surface area (Å²) in [7, 11) is 0. The number of rotatable bonds is 4. The molecule has 4 atom stereocenters. The van der Waals surface area contributed by atoms with E-state index in [9.17, 15) is 9.50 Å². The lowest BCUT2D eigenvalue weighted by atomic mass is 9.84. The molecule has 0 amide bonds. The van der Waals surface area contributed by atoms with Crippen LogP contribution in [0, 0.1) is 6.92 Å². The predicted molar refractivity (Wildman–Crippen MR) is 113 cm³/mol. The van der Waals surface area contributed by atoms with Gasteiger partial charge in [0.2, 0.25) is 5.88 Å². The summed E-state index contributed by atoms with van der Waals surface area (Å²) in [5.41, 5.74) is 2.02. The lowest BCUT2D eigenvalue weighted by Gasteiger charge is -2.42. The first kappa shape index (κ1) is 19.4. The zero-order chi connectivity index (χ0) is 20.7. The van der Waals surface area contributed by atoms with Crippen molar-refractivity contribution in [1.29, 1.82) is 0 Å². The average molecular weight is 427 g/mol. The third-order valence-corrected chi connectivity index (χ3v) is 6.83. The van der Waals surface area contributed by atoms with E-state index in [-0.39, 0.29) is 11.8 Å². The summed E-state index contributed by atoms with van der Waals surface area (Å²) in [6.07, 6.45) is 3.86. The largest absolute Gasteiger partial charge is 0.507 e. The maximum Gasteiger partial charge on any atom is 0.233 e. The molecule has 2 N–H and O–H groups in total. The summed E-state index contributed by atoms with van der Waals surface area (Å²) >= 11 is 1.57. The Labute approximate surface area is 178 Å². The number of aryl methyl sites for hydroxylation is 1. The molecule has 0 radical (unpaired) electrons. The Morgan fingerprint density at radius 1 is 1.20 bits per heavy atom. The number of benzene rings is 1. The number of ether oxygens (including phenoxy) is 1. The molecule has 3 aromatic rings. The second kappa shape index (κ2) is 7.92. The minimum Gasteiger partial charge on any atom is -0.507 e. The lowest BCUT2D eigenvalue weighted by Crippen LogP contribution is -2.59. The van der Waals surface area contributed by atoms with Crippen LogP contribution < -0.4 is 10.1 Å². The minimum absolute atomic E-state index is 0.122. The summed E-state index contributed by atoms with van der Waals surface area (Å²) < 4.78 is 20.6. The van der Waals surface area contributed by atoms with Crippen molar-refractivity contribution < 1.29 is 14.2 Å². The van der Waals surface area contributed by atoms with Gasteiger partial charge in [-0.25, -0.2) is 9.37 Å². The van der Waals surface area contributed by atoms with Crippen LogP contribution in [0.2, 0.25) is 0 Å². The number of fused-ring (bicyclic) bond motifs is 2. The van der Waals surface area contributed by atoms with E-state index in [0.717, 1.165) is 34.7 Å². The molecule has 2 saturated heterocycles. The molecule has 2 fully saturated rings. The molecular formula is C22H23FN4O2S. The van der Waals surface area contributed by atoms with Gasteiger partial charge in [0.15, 0.2) is 6.17 Å². The molecule has 5 rings (SSSR count). The first-order valence-corrected chi connectivity index (χ1v) is 11.0. The average Bonchev–Trinajstić information content (AvgIpc) is 3.19. The van der Waals surface area contributed by atoms with Crippen molar-refractivity contribution >= 4 is 11.3 Å². The molecule has 8 heteroatoms. The highest BCUT2D eigenvalue weighted by Gasteiger charge is 2.41. The highest BCUT2D eigenvalue weighted by molar-refractivity contribution is 7.15.